The first kappa shape index (κ1) is 32.3. The van der Waals surface area contributed by atoms with Crippen LogP contribution >= 0.6 is 11.3 Å². The number of benzene rings is 1. The van der Waals surface area contributed by atoms with Gasteiger partial charge in [-0.05, 0) is 84.4 Å². The molecule has 1 saturated heterocycles. The predicted molar refractivity (Wildman–Crippen MR) is 164 cm³/mol. The average Bonchev–Trinajstić information content (AvgIpc) is 3.49. The number of amides is 4. The molecule has 1 fully saturated rings. The fraction of sp³-hybridized carbons (Fsp3) is 0.562. The highest BCUT2D eigenvalue weighted by Gasteiger charge is 2.39. The number of piperidine rings is 1. The predicted octanol–water partition coefficient (Wildman–Crippen LogP) is 5.30. The van der Waals surface area contributed by atoms with Gasteiger partial charge in [0.15, 0.2) is 0 Å². The lowest BCUT2D eigenvalue weighted by molar-refractivity contribution is -0.132. The van der Waals surface area contributed by atoms with E-state index in [4.69, 9.17) is 9.47 Å². The third-order valence-corrected chi connectivity index (χ3v) is 8.45. The molecule has 10 nitrogen and oxygen atoms in total. The number of rotatable bonds is 6. The third kappa shape index (κ3) is 8.72. The quantitative estimate of drug-likeness (QED) is 0.457. The van der Waals surface area contributed by atoms with E-state index in [1.54, 1.807) is 43.9 Å². The SMILES string of the molecule is CC(NC(=O)[C@H]1C[C@@H](c2ccccc2)CCN1C(=O)OC(C)(C)C)C(=O)NCc1cc2c(s1)CN(C(=O)OC(C)(C)C)C2. The molecule has 2 N–H and O–H groups in total. The summed E-state index contributed by atoms with van der Waals surface area (Å²) in [6, 6.07) is 10.4. The fourth-order valence-corrected chi connectivity index (χ4v) is 6.39. The summed E-state index contributed by atoms with van der Waals surface area (Å²) in [7, 11) is 0. The van der Waals surface area contributed by atoms with Crippen LogP contribution in [0, 0.1) is 0 Å². The van der Waals surface area contributed by atoms with Crippen LogP contribution in [0.3, 0.4) is 0 Å². The van der Waals surface area contributed by atoms with E-state index >= 15 is 0 Å². The van der Waals surface area contributed by atoms with Crippen molar-refractivity contribution in [3.8, 4) is 0 Å². The largest absolute Gasteiger partial charge is 0.444 e. The van der Waals surface area contributed by atoms with E-state index in [1.165, 1.54) is 4.90 Å². The number of thiophene rings is 1. The molecule has 234 valence electrons. The van der Waals surface area contributed by atoms with Crippen LogP contribution in [0.2, 0.25) is 0 Å². The lowest BCUT2D eigenvalue weighted by Crippen LogP contribution is -2.57. The molecule has 0 spiro atoms. The molecule has 0 saturated carbocycles. The zero-order chi connectivity index (χ0) is 31.5. The van der Waals surface area contributed by atoms with Crippen LogP contribution in [0.5, 0.6) is 0 Å². The normalized spacial score (nSPS) is 19.3. The Labute approximate surface area is 258 Å². The van der Waals surface area contributed by atoms with E-state index < -0.39 is 29.4 Å². The van der Waals surface area contributed by atoms with Crippen LogP contribution < -0.4 is 10.6 Å². The van der Waals surface area contributed by atoms with Gasteiger partial charge in [-0.15, -0.1) is 11.3 Å². The van der Waals surface area contributed by atoms with Crippen molar-refractivity contribution >= 4 is 35.3 Å². The molecular weight excluding hydrogens is 568 g/mol. The Balaban J connectivity index is 1.34. The summed E-state index contributed by atoms with van der Waals surface area (Å²) in [5.41, 5.74) is 0.918. The number of carbonyl (C=O) groups excluding carboxylic acids is 4. The summed E-state index contributed by atoms with van der Waals surface area (Å²) in [5.74, 6) is -0.602. The van der Waals surface area contributed by atoms with E-state index in [2.05, 4.69) is 10.6 Å². The van der Waals surface area contributed by atoms with E-state index in [0.717, 1.165) is 20.9 Å². The first-order chi connectivity index (χ1) is 20.1. The number of carbonyl (C=O) groups is 4. The van der Waals surface area contributed by atoms with Crippen molar-refractivity contribution in [2.75, 3.05) is 6.54 Å². The van der Waals surface area contributed by atoms with Gasteiger partial charge in [-0.3, -0.25) is 19.4 Å². The van der Waals surface area contributed by atoms with Gasteiger partial charge in [-0.2, -0.15) is 0 Å². The van der Waals surface area contributed by atoms with Crippen molar-refractivity contribution in [3.63, 3.8) is 0 Å². The number of likely N-dealkylation sites (tertiary alicyclic amines) is 1. The Morgan fingerprint density at radius 2 is 1.63 bits per heavy atom. The number of nitrogens with zero attached hydrogens (tertiary/aromatic N) is 2. The topological polar surface area (TPSA) is 117 Å². The van der Waals surface area contributed by atoms with Crippen molar-refractivity contribution in [1.82, 2.24) is 20.4 Å². The summed E-state index contributed by atoms with van der Waals surface area (Å²) in [5, 5.41) is 5.73. The molecule has 11 heteroatoms. The lowest BCUT2D eigenvalue weighted by Gasteiger charge is -2.39. The molecule has 0 bridgehead atoms. The second-order valence-corrected chi connectivity index (χ2v) is 14.5. The molecule has 2 aromatic rings. The van der Waals surface area contributed by atoms with E-state index in [-0.39, 0.29) is 23.8 Å². The van der Waals surface area contributed by atoms with Gasteiger partial charge in [0.1, 0.15) is 23.3 Å². The highest BCUT2D eigenvalue weighted by molar-refractivity contribution is 7.12. The number of hydrogen-bond acceptors (Lipinski definition) is 7. The van der Waals surface area contributed by atoms with Crippen LogP contribution in [0.1, 0.15) is 88.1 Å². The summed E-state index contributed by atoms with van der Waals surface area (Å²) < 4.78 is 11.1. The highest BCUT2D eigenvalue weighted by atomic mass is 32.1. The number of hydrogen-bond donors (Lipinski definition) is 2. The van der Waals surface area contributed by atoms with Gasteiger partial charge in [0.25, 0.3) is 0 Å². The maximum Gasteiger partial charge on any atom is 0.410 e. The van der Waals surface area contributed by atoms with Gasteiger partial charge in [0, 0.05) is 16.3 Å². The molecule has 3 atom stereocenters. The Kier molecular flexibility index (Phi) is 9.73. The summed E-state index contributed by atoms with van der Waals surface area (Å²) >= 11 is 1.55. The molecule has 0 aliphatic carbocycles. The smallest absolute Gasteiger partial charge is 0.410 e. The second-order valence-electron chi connectivity index (χ2n) is 13.3. The molecule has 1 unspecified atom stereocenters. The van der Waals surface area contributed by atoms with E-state index in [1.807, 2.05) is 57.2 Å². The Bertz CT molecular complexity index is 1310. The minimum atomic E-state index is -0.806. The van der Waals surface area contributed by atoms with Crippen LogP contribution in [0.4, 0.5) is 9.59 Å². The molecule has 2 aliphatic heterocycles. The maximum atomic E-state index is 13.5. The molecule has 1 aromatic carbocycles. The summed E-state index contributed by atoms with van der Waals surface area (Å²) in [4.78, 5) is 57.1. The van der Waals surface area contributed by atoms with Gasteiger partial charge in [-0.25, -0.2) is 9.59 Å². The number of ether oxygens (including phenoxy) is 2. The number of fused-ring (bicyclic) bond motifs is 1. The lowest BCUT2D eigenvalue weighted by atomic mass is 9.85. The molecule has 0 radical (unpaired) electrons. The third-order valence-electron chi connectivity index (χ3n) is 7.29. The molecule has 4 amide bonds. The van der Waals surface area contributed by atoms with E-state index in [0.29, 0.717) is 39.0 Å². The molecule has 43 heavy (non-hydrogen) atoms. The standard InChI is InChI=1S/C32H44N4O6S/c1-20(27(37)33-17-24-15-23-18-35(19-26(23)43-24)29(39)41-31(2,3)4)34-28(38)25-16-22(21-11-9-8-10-12-21)13-14-36(25)30(40)42-32(5,6)7/h8-12,15,20,22,25H,13-14,16-19H2,1-7H3,(H,33,37)(H,34,38)/t20?,22-,25+/m0/s1. The summed E-state index contributed by atoms with van der Waals surface area (Å²) in [6.07, 6.45) is 0.273. The Morgan fingerprint density at radius 1 is 0.977 bits per heavy atom. The zero-order valence-electron chi connectivity index (χ0n) is 26.2. The van der Waals surface area contributed by atoms with Crippen molar-refractivity contribution < 1.29 is 28.7 Å². The van der Waals surface area contributed by atoms with Crippen molar-refractivity contribution in [1.29, 1.82) is 0 Å². The fourth-order valence-electron chi connectivity index (χ4n) is 5.26. The number of nitrogens with one attached hydrogen (secondary N) is 2. The average molecular weight is 613 g/mol. The zero-order valence-corrected chi connectivity index (χ0v) is 27.0. The molecular formula is C32H44N4O6S. The van der Waals surface area contributed by atoms with Crippen LogP contribution in [0.25, 0.3) is 0 Å². The Morgan fingerprint density at radius 3 is 2.26 bits per heavy atom. The maximum absolute atomic E-state index is 13.5. The van der Waals surface area contributed by atoms with Crippen LogP contribution in [0.15, 0.2) is 36.4 Å². The first-order valence-corrected chi connectivity index (χ1v) is 15.6. The minimum absolute atomic E-state index is 0.104. The van der Waals surface area contributed by atoms with Crippen molar-refractivity contribution in [2.45, 2.75) is 110 Å². The summed E-state index contributed by atoms with van der Waals surface area (Å²) in [6.45, 7) is 14.2. The minimum Gasteiger partial charge on any atom is -0.444 e. The Hall–Kier alpha value is -3.60. The van der Waals surface area contributed by atoms with Crippen LogP contribution in [-0.2, 0) is 38.7 Å². The van der Waals surface area contributed by atoms with Crippen molar-refractivity contribution in [3.05, 3.63) is 57.3 Å². The molecule has 1 aromatic heterocycles. The van der Waals surface area contributed by atoms with Crippen LogP contribution in [-0.4, -0.2) is 63.6 Å². The van der Waals surface area contributed by atoms with Gasteiger partial charge in [0.2, 0.25) is 11.8 Å². The molecule has 4 rings (SSSR count). The first-order valence-electron chi connectivity index (χ1n) is 14.8. The second kappa shape index (κ2) is 13.0. The van der Waals surface area contributed by atoms with Crippen molar-refractivity contribution in [2.24, 2.45) is 0 Å². The molecule has 3 heterocycles. The van der Waals surface area contributed by atoms with Gasteiger partial charge in [0.05, 0.1) is 19.6 Å². The van der Waals surface area contributed by atoms with Gasteiger partial charge >= 0.3 is 12.2 Å². The monoisotopic (exact) mass is 612 g/mol. The van der Waals surface area contributed by atoms with Gasteiger partial charge in [-0.1, -0.05) is 30.3 Å². The molecule has 2 aliphatic rings. The van der Waals surface area contributed by atoms with Gasteiger partial charge < -0.3 is 20.1 Å². The highest BCUT2D eigenvalue weighted by Crippen LogP contribution is 2.33. The van der Waals surface area contributed by atoms with E-state index in [9.17, 15) is 19.2 Å².